The second-order valence-corrected chi connectivity index (χ2v) is 5.07. The summed E-state index contributed by atoms with van der Waals surface area (Å²) in [7, 11) is 0. The van der Waals surface area contributed by atoms with E-state index in [2.05, 4.69) is 21.2 Å². The van der Waals surface area contributed by atoms with Crippen molar-refractivity contribution in [1.29, 1.82) is 0 Å². The van der Waals surface area contributed by atoms with Gasteiger partial charge in [0.25, 0.3) is 5.91 Å². The Morgan fingerprint density at radius 3 is 2.68 bits per heavy atom. The van der Waals surface area contributed by atoms with Gasteiger partial charge in [0.2, 0.25) is 0 Å². The second kappa shape index (κ2) is 5.32. The van der Waals surface area contributed by atoms with Crippen molar-refractivity contribution in [2.24, 2.45) is 0 Å². The average molecular weight is 321 g/mol. The molecule has 0 aliphatic heterocycles. The lowest BCUT2D eigenvalue weighted by Crippen LogP contribution is -2.13. The number of aromatic hydroxyl groups is 1. The topological polar surface area (TPSA) is 75.4 Å². The summed E-state index contributed by atoms with van der Waals surface area (Å²) in [6.45, 7) is 1.96. The van der Waals surface area contributed by atoms with Gasteiger partial charge in [0, 0.05) is 10.2 Å². The largest absolute Gasteiger partial charge is 0.507 e. The van der Waals surface area contributed by atoms with Crippen molar-refractivity contribution in [3.05, 3.63) is 52.0 Å². The van der Waals surface area contributed by atoms with Crippen molar-refractivity contribution in [2.45, 2.75) is 6.92 Å². The molecule has 0 saturated heterocycles. The first kappa shape index (κ1) is 13.4. The lowest BCUT2D eigenvalue weighted by molar-refractivity contribution is 0.102. The van der Waals surface area contributed by atoms with Gasteiger partial charge in [-0.3, -0.25) is 4.79 Å². The van der Waals surface area contributed by atoms with E-state index in [0.29, 0.717) is 11.4 Å². The van der Waals surface area contributed by atoms with Crippen LogP contribution in [0.1, 0.15) is 15.9 Å². The molecule has 0 fully saturated rings. The highest BCUT2D eigenvalue weighted by atomic mass is 79.9. The summed E-state index contributed by atoms with van der Waals surface area (Å²) < 4.78 is 0.782. The van der Waals surface area contributed by atoms with Crippen molar-refractivity contribution in [3.63, 3.8) is 0 Å². The molecule has 98 valence electrons. The number of nitrogens with one attached hydrogen (secondary N) is 1. The smallest absolute Gasteiger partial charge is 0.259 e. The number of hydrogen-bond donors (Lipinski definition) is 3. The fraction of sp³-hybridized carbons (Fsp3) is 0.0714. The van der Waals surface area contributed by atoms with Crippen LogP contribution in [0.25, 0.3) is 0 Å². The number of rotatable bonds is 2. The van der Waals surface area contributed by atoms with E-state index in [0.717, 1.165) is 10.0 Å². The molecule has 0 aromatic heterocycles. The van der Waals surface area contributed by atoms with Crippen LogP contribution in [0, 0.1) is 6.92 Å². The number of nitrogens with two attached hydrogens (primary N) is 1. The molecule has 0 radical (unpaired) electrons. The first-order valence-electron chi connectivity index (χ1n) is 5.63. The summed E-state index contributed by atoms with van der Waals surface area (Å²) in [6, 6.07) is 9.95. The van der Waals surface area contributed by atoms with Crippen molar-refractivity contribution < 1.29 is 9.90 Å². The first-order chi connectivity index (χ1) is 8.97. The van der Waals surface area contributed by atoms with Crippen LogP contribution in [0.5, 0.6) is 5.75 Å². The number of benzene rings is 2. The van der Waals surface area contributed by atoms with Gasteiger partial charge in [-0.15, -0.1) is 0 Å². The number of nitrogen functional groups attached to an aromatic ring is 1. The Bertz CT molecular complexity index is 641. The molecular formula is C14H13BrN2O2. The molecule has 4 N–H and O–H groups in total. The van der Waals surface area contributed by atoms with E-state index in [1.54, 1.807) is 6.07 Å². The van der Waals surface area contributed by atoms with Crippen LogP contribution in [0.15, 0.2) is 40.9 Å². The van der Waals surface area contributed by atoms with Gasteiger partial charge in [0.1, 0.15) is 5.75 Å². The number of amides is 1. The predicted molar refractivity (Wildman–Crippen MR) is 79.4 cm³/mol. The van der Waals surface area contributed by atoms with Crippen LogP contribution in [-0.2, 0) is 0 Å². The summed E-state index contributed by atoms with van der Waals surface area (Å²) in [4.78, 5) is 12.1. The molecule has 2 aromatic rings. The Labute approximate surface area is 119 Å². The second-order valence-electron chi connectivity index (χ2n) is 4.21. The highest BCUT2D eigenvalue weighted by Crippen LogP contribution is 2.26. The number of anilines is 2. The zero-order chi connectivity index (χ0) is 14.0. The first-order valence-corrected chi connectivity index (χ1v) is 6.42. The van der Waals surface area contributed by atoms with Crippen molar-refractivity contribution in [2.75, 3.05) is 11.1 Å². The van der Waals surface area contributed by atoms with Gasteiger partial charge in [-0.05, 0) is 58.7 Å². The van der Waals surface area contributed by atoms with Gasteiger partial charge >= 0.3 is 0 Å². The summed E-state index contributed by atoms with van der Waals surface area (Å²) >= 11 is 3.38. The highest BCUT2D eigenvalue weighted by Gasteiger charge is 2.13. The Morgan fingerprint density at radius 2 is 2.00 bits per heavy atom. The van der Waals surface area contributed by atoms with E-state index in [-0.39, 0.29) is 11.3 Å². The number of carbonyl (C=O) groups is 1. The molecule has 2 aromatic carbocycles. The number of phenols is 1. The molecule has 0 atom stereocenters. The maximum absolute atomic E-state index is 12.1. The molecule has 0 bridgehead atoms. The fourth-order valence-electron chi connectivity index (χ4n) is 1.65. The van der Waals surface area contributed by atoms with Gasteiger partial charge in [0.15, 0.2) is 0 Å². The standard InChI is InChI=1S/C14H13BrN2O2/c1-8-2-4-12(11(15)6-8)17-14(19)10-7-9(16)3-5-13(10)18/h2-7,18H,16H2,1H3,(H,17,19). The molecule has 0 aliphatic rings. The van der Waals surface area contributed by atoms with Gasteiger partial charge in [-0.1, -0.05) is 6.07 Å². The molecule has 0 spiro atoms. The minimum absolute atomic E-state index is 0.102. The third-order valence-electron chi connectivity index (χ3n) is 2.64. The minimum atomic E-state index is -0.408. The zero-order valence-corrected chi connectivity index (χ0v) is 11.9. The summed E-state index contributed by atoms with van der Waals surface area (Å²) in [6.07, 6.45) is 0. The van der Waals surface area contributed by atoms with E-state index in [1.807, 2.05) is 19.1 Å². The van der Waals surface area contributed by atoms with E-state index in [4.69, 9.17) is 5.73 Å². The quantitative estimate of drug-likeness (QED) is 0.587. The van der Waals surface area contributed by atoms with Gasteiger partial charge in [-0.25, -0.2) is 0 Å². The van der Waals surface area contributed by atoms with Gasteiger partial charge < -0.3 is 16.2 Å². The predicted octanol–water partition coefficient (Wildman–Crippen LogP) is 3.30. The number of carbonyl (C=O) groups excluding carboxylic acids is 1. The molecule has 0 unspecified atom stereocenters. The Balaban J connectivity index is 2.28. The van der Waals surface area contributed by atoms with Crippen molar-refractivity contribution in [3.8, 4) is 5.75 Å². The number of phenolic OH excluding ortho intramolecular Hbond substituents is 1. The zero-order valence-electron chi connectivity index (χ0n) is 10.3. The number of aryl methyl sites for hydroxylation is 1. The maximum atomic E-state index is 12.1. The van der Waals surface area contributed by atoms with Crippen LogP contribution in [0.2, 0.25) is 0 Å². The Morgan fingerprint density at radius 1 is 1.26 bits per heavy atom. The molecule has 19 heavy (non-hydrogen) atoms. The SMILES string of the molecule is Cc1ccc(NC(=O)c2cc(N)ccc2O)c(Br)c1. The highest BCUT2D eigenvalue weighted by molar-refractivity contribution is 9.10. The molecule has 0 heterocycles. The Hall–Kier alpha value is -2.01. The minimum Gasteiger partial charge on any atom is -0.507 e. The summed E-state index contributed by atoms with van der Waals surface area (Å²) in [5.41, 5.74) is 7.89. The van der Waals surface area contributed by atoms with E-state index in [1.165, 1.54) is 18.2 Å². The van der Waals surface area contributed by atoms with Crippen LogP contribution in [0.4, 0.5) is 11.4 Å². The van der Waals surface area contributed by atoms with Crippen LogP contribution in [-0.4, -0.2) is 11.0 Å². The van der Waals surface area contributed by atoms with Crippen LogP contribution in [0.3, 0.4) is 0 Å². The summed E-state index contributed by atoms with van der Waals surface area (Å²) in [5, 5.41) is 12.4. The molecular weight excluding hydrogens is 308 g/mol. The summed E-state index contributed by atoms with van der Waals surface area (Å²) in [5.74, 6) is -0.510. The maximum Gasteiger partial charge on any atom is 0.259 e. The van der Waals surface area contributed by atoms with Gasteiger partial charge in [-0.2, -0.15) is 0 Å². The monoisotopic (exact) mass is 320 g/mol. The van der Waals surface area contributed by atoms with E-state index < -0.39 is 5.91 Å². The average Bonchev–Trinajstić information content (AvgIpc) is 2.35. The third-order valence-corrected chi connectivity index (χ3v) is 3.29. The van der Waals surface area contributed by atoms with Gasteiger partial charge in [0.05, 0.1) is 11.3 Å². The molecule has 2 rings (SSSR count). The van der Waals surface area contributed by atoms with Crippen LogP contribution < -0.4 is 11.1 Å². The molecule has 4 nitrogen and oxygen atoms in total. The van der Waals surface area contributed by atoms with Crippen molar-refractivity contribution in [1.82, 2.24) is 0 Å². The molecule has 0 aliphatic carbocycles. The number of halogens is 1. The lowest BCUT2D eigenvalue weighted by atomic mass is 10.1. The van der Waals surface area contributed by atoms with E-state index in [9.17, 15) is 9.90 Å². The van der Waals surface area contributed by atoms with E-state index >= 15 is 0 Å². The normalized spacial score (nSPS) is 10.2. The van der Waals surface area contributed by atoms with Crippen molar-refractivity contribution >= 4 is 33.2 Å². The molecule has 0 saturated carbocycles. The number of hydrogen-bond acceptors (Lipinski definition) is 3. The third kappa shape index (κ3) is 3.06. The van der Waals surface area contributed by atoms with Crippen LogP contribution >= 0.6 is 15.9 Å². The lowest BCUT2D eigenvalue weighted by Gasteiger charge is -2.09. The molecule has 1 amide bonds. The Kier molecular flexibility index (Phi) is 3.76. The molecule has 5 heteroatoms. The fourth-order valence-corrected chi connectivity index (χ4v) is 2.24.